The van der Waals surface area contributed by atoms with Crippen molar-refractivity contribution in [3.05, 3.63) is 23.9 Å². The molecule has 1 aliphatic carbocycles. The molecular formula is C19H32N4O2. The third-order valence-corrected chi connectivity index (χ3v) is 4.46. The quantitative estimate of drug-likeness (QED) is 0.429. The van der Waals surface area contributed by atoms with Crippen LogP contribution in [0.2, 0.25) is 0 Å². The van der Waals surface area contributed by atoms with Gasteiger partial charge < -0.3 is 20.1 Å². The average Bonchev–Trinajstić information content (AvgIpc) is 2.63. The predicted molar refractivity (Wildman–Crippen MR) is 101 cm³/mol. The lowest BCUT2D eigenvalue weighted by atomic mass is 9.87. The Balaban J connectivity index is 1.85. The van der Waals surface area contributed by atoms with E-state index in [0.29, 0.717) is 31.7 Å². The Hall–Kier alpha value is -1.82. The first-order chi connectivity index (χ1) is 12.2. The topological polar surface area (TPSA) is 67.8 Å². The number of rotatable bonds is 8. The van der Waals surface area contributed by atoms with Crippen molar-refractivity contribution in [1.29, 1.82) is 0 Å². The molecule has 1 aromatic heterocycles. The van der Waals surface area contributed by atoms with Crippen LogP contribution in [0.5, 0.6) is 5.88 Å². The van der Waals surface area contributed by atoms with Crippen LogP contribution < -0.4 is 15.4 Å². The van der Waals surface area contributed by atoms with Gasteiger partial charge in [-0.05, 0) is 44.1 Å². The highest BCUT2D eigenvalue weighted by molar-refractivity contribution is 5.80. The van der Waals surface area contributed by atoms with E-state index in [2.05, 4.69) is 29.5 Å². The molecule has 0 atom stereocenters. The summed E-state index contributed by atoms with van der Waals surface area (Å²) in [7, 11) is 1.65. The van der Waals surface area contributed by atoms with Crippen LogP contribution in [0.1, 0.15) is 45.1 Å². The molecule has 6 heteroatoms. The van der Waals surface area contributed by atoms with Gasteiger partial charge in [0.2, 0.25) is 5.88 Å². The number of nitrogens with one attached hydrogen (secondary N) is 2. The Kier molecular flexibility index (Phi) is 8.52. The Morgan fingerprint density at radius 3 is 2.68 bits per heavy atom. The fourth-order valence-electron chi connectivity index (χ4n) is 2.91. The second-order valence-electron chi connectivity index (χ2n) is 6.64. The van der Waals surface area contributed by atoms with E-state index in [-0.39, 0.29) is 0 Å². The highest BCUT2D eigenvalue weighted by atomic mass is 16.5. The Morgan fingerprint density at radius 2 is 2.04 bits per heavy atom. The first kappa shape index (κ1) is 19.5. The maximum Gasteiger partial charge on any atom is 0.213 e. The summed E-state index contributed by atoms with van der Waals surface area (Å²) >= 11 is 0. The zero-order chi connectivity index (χ0) is 17.9. The van der Waals surface area contributed by atoms with Crippen LogP contribution in [0.25, 0.3) is 0 Å². The summed E-state index contributed by atoms with van der Waals surface area (Å²) in [4.78, 5) is 9.01. The predicted octanol–water partition coefficient (Wildman–Crippen LogP) is 2.74. The largest absolute Gasteiger partial charge is 0.475 e. The maximum atomic E-state index is 5.48. The number of aliphatic imine (C=N–C) groups is 1. The van der Waals surface area contributed by atoms with Gasteiger partial charge in [0.15, 0.2) is 5.96 Å². The molecule has 6 nitrogen and oxygen atoms in total. The van der Waals surface area contributed by atoms with E-state index < -0.39 is 0 Å². The van der Waals surface area contributed by atoms with Crippen LogP contribution in [0, 0.1) is 5.92 Å². The molecular weight excluding hydrogens is 316 g/mol. The SMILES string of the molecule is CCNC(=NCc1ccc(OCCOC)nc1)NC1CCC(C)CC1. The number of aromatic nitrogens is 1. The summed E-state index contributed by atoms with van der Waals surface area (Å²) in [5, 5.41) is 6.91. The van der Waals surface area contributed by atoms with E-state index in [9.17, 15) is 0 Å². The Labute approximate surface area is 151 Å². The van der Waals surface area contributed by atoms with Gasteiger partial charge in [0, 0.05) is 32.0 Å². The van der Waals surface area contributed by atoms with Gasteiger partial charge in [-0.25, -0.2) is 9.98 Å². The molecule has 25 heavy (non-hydrogen) atoms. The fraction of sp³-hybridized carbons (Fsp3) is 0.684. The lowest BCUT2D eigenvalue weighted by Gasteiger charge is -2.28. The fourth-order valence-corrected chi connectivity index (χ4v) is 2.91. The van der Waals surface area contributed by atoms with Crippen molar-refractivity contribution in [3.8, 4) is 5.88 Å². The van der Waals surface area contributed by atoms with Crippen LogP contribution in [0.4, 0.5) is 0 Å². The average molecular weight is 348 g/mol. The summed E-state index contributed by atoms with van der Waals surface area (Å²) < 4.78 is 10.4. The molecule has 0 amide bonds. The molecule has 140 valence electrons. The van der Waals surface area contributed by atoms with Gasteiger partial charge in [0.05, 0.1) is 13.2 Å². The van der Waals surface area contributed by atoms with Crippen molar-refractivity contribution in [2.24, 2.45) is 10.9 Å². The second kappa shape index (κ2) is 10.9. The van der Waals surface area contributed by atoms with E-state index in [1.54, 1.807) is 7.11 Å². The van der Waals surface area contributed by atoms with Gasteiger partial charge in [-0.2, -0.15) is 0 Å². The number of nitrogens with zero attached hydrogens (tertiary/aromatic N) is 2. The summed E-state index contributed by atoms with van der Waals surface area (Å²) in [5.41, 5.74) is 1.06. The van der Waals surface area contributed by atoms with Gasteiger partial charge in [-0.1, -0.05) is 13.0 Å². The van der Waals surface area contributed by atoms with Crippen molar-refractivity contribution < 1.29 is 9.47 Å². The van der Waals surface area contributed by atoms with Crippen molar-refractivity contribution in [1.82, 2.24) is 15.6 Å². The van der Waals surface area contributed by atoms with Crippen LogP contribution in [-0.4, -0.2) is 43.9 Å². The lowest BCUT2D eigenvalue weighted by molar-refractivity contribution is 0.143. The van der Waals surface area contributed by atoms with Gasteiger partial charge in [0.25, 0.3) is 0 Å². The van der Waals surface area contributed by atoms with Crippen LogP contribution in [-0.2, 0) is 11.3 Å². The Morgan fingerprint density at radius 1 is 1.24 bits per heavy atom. The molecule has 1 fully saturated rings. The number of hydrogen-bond acceptors (Lipinski definition) is 4. The summed E-state index contributed by atoms with van der Waals surface area (Å²) in [5.74, 6) is 2.36. The second-order valence-corrected chi connectivity index (χ2v) is 6.64. The van der Waals surface area contributed by atoms with E-state index in [0.717, 1.165) is 24.0 Å². The highest BCUT2D eigenvalue weighted by Gasteiger charge is 2.18. The molecule has 0 bridgehead atoms. The minimum Gasteiger partial charge on any atom is -0.475 e. The molecule has 0 saturated heterocycles. The first-order valence-electron chi connectivity index (χ1n) is 9.32. The monoisotopic (exact) mass is 348 g/mol. The normalized spacial score (nSPS) is 21.0. The molecule has 1 heterocycles. The van der Waals surface area contributed by atoms with Crippen LogP contribution in [0.15, 0.2) is 23.3 Å². The number of guanidine groups is 1. The minimum atomic E-state index is 0.509. The van der Waals surface area contributed by atoms with Gasteiger partial charge in [-0.15, -0.1) is 0 Å². The highest BCUT2D eigenvalue weighted by Crippen LogP contribution is 2.23. The molecule has 0 spiro atoms. The molecule has 0 radical (unpaired) electrons. The molecule has 0 aliphatic heterocycles. The van der Waals surface area contributed by atoms with E-state index in [1.807, 2.05) is 18.3 Å². The maximum absolute atomic E-state index is 5.48. The van der Waals surface area contributed by atoms with Crippen molar-refractivity contribution in [2.45, 2.75) is 52.1 Å². The summed E-state index contributed by atoms with van der Waals surface area (Å²) in [6, 6.07) is 4.41. The number of methoxy groups -OCH3 is 1. The minimum absolute atomic E-state index is 0.509. The standard InChI is InChI=1S/C19H32N4O2/c1-4-20-19(23-17-8-5-15(2)6-9-17)22-14-16-7-10-18(21-13-16)25-12-11-24-3/h7,10,13,15,17H,4-6,8-9,11-12,14H2,1-3H3,(H2,20,22,23). The van der Waals surface area contributed by atoms with Crippen molar-refractivity contribution in [2.75, 3.05) is 26.9 Å². The third-order valence-electron chi connectivity index (χ3n) is 4.46. The first-order valence-corrected chi connectivity index (χ1v) is 9.32. The summed E-state index contributed by atoms with van der Waals surface area (Å²) in [6.07, 6.45) is 6.86. The van der Waals surface area contributed by atoms with Gasteiger partial charge in [0.1, 0.15) is 6.61 Å². The molecule has 1 saturated carbocycles. The Bertz CT molecular complexity index is 511. The van der Waals surface area contributed by atoms with Crippen molar-refractivity contribution in [3.63, 3.8) is 0 Å². The molecule has 2 rings (SSSR count). The molecule has 2 N–H and O–H groups in total. The molecule has 1 aliphatic rings. The zero-order valence-corrected chi connectivity index (χ0v) is 15.8. The molecule has 0 unspecified atom stereocenters. The van der Waals surface area contributed by atoms with Gasteiger partial charge in [-0.3, -0.25) is 0 Å². The van der Waals surface area contributed by atoms with Gasteiger partial charge >= 0.3 is 0 Å². The number of ether oxygens (including phenoxy) is 2. The number of pyridine rings is 1. The third kappa shape index (κ3) is 7.30. The molecule has 1 aromatic rings. The smallest absolute Gasteiger partial charge is 0.213 e. The van der Waals surface area contributed by atoms with Crippen LogP contribution >= 0.6 is 0 Å². The lowest BCUT2D eigenvalue weighted by Crippen LogP contribution is -2.44. The summed E-state index contributed by atoms with van der Waals surface area (Å²) in [6.45, 7) is 6.96. The number of hydrogen-bond donors (Lipinski definition) is 2. The van der Waals surface area contributed by atoms with E-state index in [4.69, 9.17) is 14.5 Å². The van der Waals surface area contributed by atoms with E-state index >= 15 is 0 Å². The van der Waals surface area contributed by atoms with Crippen LogP contribution in [0.3, 0.4) is 0 Å². The van der Waals surface area contributed by atoms with Crippen molar-refractivity contribution >= 4 is 5.96 Å². The zero-order valence-electron chi connectivity index (χ0n) is 15.8. The van der Waals surface area contributed by atoms with E-state index in [1.165, 1.54) is 25.7 Å². The molecule has 0 aromatic carbocycles.